The Kier molecular flexibility index (Phi) is 4.64. The van der Waals surface area contributed by atoms with Crippen LogP contribution in [0.3, 0.4) is 0 Å². The quantitative estimate of drug-likeness (QED) is 0.656. The molecule has 2 aromatic carbocycles. The molecule has 94 valence electrons. The van der Waals surface area contributed by atoms with Crippen molar-refractivity contribution in [1.82, 2.24) is 0 Å². The molecular weight excluding hydrogens is 433 g/mol. The molecule has 0 aliphatic heterocycles. The Morgan fingerprint density at radius 2 is 2.00 bits per heavy atom. The molecule has 0 aliphatic rings. The molecule has 1 N–H and O–H groups in total. The van der Waals surface area contributed by atoms with E-state index < -0.39 is 11.9 Å². The van der Waals surface area contributed by atoms with Gasteiger partial charge in [0.15, 0.2) is 0 Å². The van der Waals surface area contributed by atoms with Crippen LogP contribution < -0.4 is 0 Å². The van der Waals surface area contributed by atoms with Gasteiger partial charge in [-0.2, -0.15) is 0 Å². The van der Waals surface area contributed by atoms with Gasteiger partial charge in [0.25, 0.3) is 0 Å². The molecule has 2 rings (SSSR count). The van der Waals surface area contributed by atoms with Crippen molar-refractivity contribution < 1.29 is 9.50 Å². The molecule has 0 saturated heterocycles. The van der Waals surface area contributed by atoms with Crippen molar-refractivity contribution in [2.45, 2.75) is 6.10 Å². The van der Waals surface area contributed by atoms with Gasteiger partial charge in [-0.1, -0.05) is 33.6 Å². The van der Waals surface area contributed by atoms with Gasteiger partial charge in [-0.15, -0.1) is 0 Å². The van der Waals surface area contributed by atoms with Gasteiger partial charge in [0.05, 0.1) is 0 Å². The number of benzene rings is 2. The largest absolute Gasteiger partial charge is 0.383 e. The fourth-order valence-corrected chi connectivity index (χ4v) is 2.90. The lowest BCUT2D eigenvalue weighted by molar-refractivity contribution is 0.214. The van der Waals surface area contributed by atoms with Crippen molar-refractivity contribution in [3.8, 4) is 0 Å². The van der Waals surface area contributed by atoms with Gasteiger partial charge in [-0.25, -0.2) is 4.39 Å². The Hall–Kier alpha value is -0.170. The first-order chi connectivity index (χ1) is 8.50. The highest BCUT2D eigenvalue weighted by Crippen LogP contribution is 2.34. The zero-order chi connectivity index (χ0) is 13.3. The molecule has 0 saturated carbocycles. The molecule has 1 unspecified atom stereocenters. The fraction of sp³-hybridized carbons (Fsp3) is 0.0769. The van der Waals surface area contributed by atoms with Crippen molar-refractivity contribution in [2.75, 3.05) is 0 Å². The average Bonchev–Trinajstić information content (AvgIpc) is 2.32. The number of aliphatic hydroxyl groups excluding tert-OH is 1. The van der Waals surface area contributed by atoms with Crippen LogP contribution >= 0.6 is 50.1 Å². The van der Waals surface area contributed by atoms with E-state index in [1.54, 1.807) is 12.1 Å². The van der Waals surface area contributed by atoms with E-state index in [1.807, 2.05) is 12.1 Å². The van der Waals surface area contributed by atoms with E-state index in [1.165, 1.54) is 12.1 Å². The first-order valence-corrected chi connectivity index (χ1v) is 7.32. The minimum Gasteiger partial charge on any atom is -0.383 e. The SMILES string of the molecule is OC(c1cc(I)ccc1Br)c1c(F)cccc1Cl. The zero-order valence-corrected chi connectivity index (χ0v) is 13.5. The summed E-state index contributed by atoms with van der Waals surface area (Å²) in [4.78, 5) is 0. The lowest BCUT2D eigenvalue weighted by Crippen LogP contribution is -2.04. The van der Waals surface area contributed by atoms with Crippen molar-refractivity contribution in [1.29, 1.82) is 0 Å². The monoisotopic (exact) mass is 440 g/mol. The standard InChI is InChI=1S/C13H8BrClFIO/c14-9-5-4-7(17)6-8(9)13(18)12-10(15)2-1-3-11(12)16/h1-6,13,18H. The van der Waals surface area contributed by atoms with Gasteiger partial charge in [0.1, 0.15) is 11.9 Å². The summed E-state index contributed by atoms with van der Waals surface area (Å²) < 4.78 is 15.4. The smallest absolute Gasteiger partial charge is 0.130 e. The van der Waals surface area contributed by atoms with Gasteiger partial charge in [-0.3, -0.25) is 0 Å². The van der Waals surface area contributed by atoms with Crippen LogP contribution in [0.4, 0.5) is 4.39 Å². The first-order valence-electron chi connectivity index (χ1n) is 5.07. The minimum absolute atomic E-state index is 0.0990. The Balaban J connectivity index is 2.54. The van der Waals surface area contributed by atoms with Gasteiger partial charge in [-0.05, 0) is 52.9 Å². The van der Waals surface area contributed by atoms with E-state index in [4.69, 9.17) is 11.6 Å². The van der Waals surface area contributed by atoms with E-state index in [0.717, 1.165) is 8.04 Å². The predicted molar refractivity (Wildman–Crippen MR) is 82.3 cm³/mol. The maximum atomic E-state index is 13.8. The van der Waals surface area contributed by atoms with Gasteiger partial charge in [0, 0.05) is 24.2 Å². The zero-order valence-electron chi connectivity index (χ0n) is 9.00. The Morgan fingerprint density at radius 1 is 1.28 bits per heavy atom. The minimum atomic E-state index is -1.09. The third kappa shape index (κ3) is 2.87. The van der Waals surface area contributed by atoms with Crippen LogP contribution in [0.25, 0.3) is 0 Å². The molecular formula is C13H8BrClFIO. The van der Waals surface area contributed by atoms with E-state index in [9.17, 15) is 9.50 Å². The van der Waals surface area contributed by atoms with Crippen LogP contribution in [0.15, 0.2) is 40.9 Å². The molecule has 0 aliphatic carbocycles. The summed E-state index contributed by atoms with van der Waals surface area (Å²) in [7, 11) is 0. The molecule has 0 amide bonds. The third-order valence-corrected chi connectivity index (χ3v) is 4.25. The summed E-state index contributed by atoms with van der Waals surface area (Å²) in [6, 6.07) is 9.85. The van der Waals surface area contributed by atoms with Crippen LogP contribution in [0.1, 0.15) is 17.2 Å². The molecule has 18 heavy (non-hydrogen) atoms. The Bertz CT molecular complexity index is 571. The predicted octanol–water partition coefficient (Wildman–Crippen LogP) is 4.93. The summed E-state index contributed by atoms with van der Waals surface area (Å²) in [5.41, 5.74) is 0.691. The van der Waals surface area contributed by atoms with E-state index in [0.29, 0.717) is 5.56 Å². The van der Waals surface area contributed by atoms with Crippen molar-refractivity contribution >= 4 is 50.1 Å². The Morgan fingerprint density at radius 3 is 2.67 bits per heavy atom. The molecule has 0 fully saturated rings. The van der Waals surface area contributed by atoms with Crippen molar-refractivity contribution in [3.05, 3.63) is 66.4 Å². The maximum absolute atomic E-state index is 13.8. The lowest BCUT2D eigenvalue weighted by Gasteiger charge is -2.16. The molecule has 0 aromatic heterocycles. The summed E-state index contributed by atoms with van der Waals surface area (Å²) >= 11 is 11.4. The second-order valence-corrected chi connectivity index (χ2v) is 6.21. The molecule has 1 atom stereocenters. The normalized spacial score (nSPS) is 12.5. The number of hydrogen-bond acceptors (Lipinski definition) is 1. The van der Waals surface area contributed by atoms with E-state index >= 15 is 0 Å². The molecule has 0 bridgehead atoms. The molecule has 1 nitrogen and oxygen atoms in total. The highest BCUT2D eigenvalue weighted by Gasteiger charge is 2.20. The molecule has 5 heteroatoms. The summed E-state index contributed by atoms with van der Waals surface area (Å²) in [6.07, 6.45) is -1.09. The van der Waals surface area contributed by atoms with Gasteiger partial charge < -0.3 is 5.11 Å². The van der Waals surface area contributed by atoms with Gasteiger partial charge in [0.2, 0.25) is 0 Å². The topological polar surface area (TPSA) is 20.2 Å². The van der Waals surface area contributed by atoms with Crippen molar-refractivity contribution in [3.63, 3.8) is 0 Å². The second-order valence-electron chi connectivity index (χ2n) is 3.70. The van der Waals surface area contributed by atoms with Gasteiger partial charge >= 0.3 is 0 Å². The maximum Gasteiger partial charge on any atom is 0.130 e. The highest BCUT2D eigenvalue weighted by molar-refractivity contribution is 14.1. The van der Waals surface area contributed by atoms with Crippen LogP contribution in [0.5, 0.6) is 0 Å². The summed E-state index contributed by atoms with van der Waals surface area (Å²) in [5.74, 6) is -0.513. The number of halogens is 4. The second kappa shape index (κ2) is 5.86. The fourth-order valence-electron chi connectivity index (χ4n) is 1.65. The molecule has 0 heterocycles. The van der Waals surface area contributed by atoms with Crippen molar-refractivity contribution in [2.24, 2.45) is 0 Å². The van der Waals surface area contributed by atoms with Crippen LogP contribution in [-0.4, -0.2) is 5.11 Å². The first kappa shape index (κ1) is 14.2. The third-order valence-electron chi connectivity index (χ3n) is 2.53. The Labute approximate surface area is 131 Å². The number of aliphatic hydroxyl groups is 1. The summed E-state index contributed by atoms with van der Waals surface area (Å²) in [6.45, 7) is 0. The highest BCUT2D eigenvalue weighted by atomic mass is 127. The van der Waals surface area contributed by atoms with Crippen LogP contribution in [0.2, 0.25) is 5.02 Å². The van der Waals surface area contributed by atoms with E-state index in [-0.39, 0.29) is 10.6 Å². The molecule has 0 spiro atoms. The van der Waals surface area contributed by atoms with E-state index in [2.05, 4.69) is 38.5 Å². The number of rotatable bonds is 2. The molecule has 0 radical (unpaired) electrons. The average molecular weight is 441 g/mol. The molecule has 2 aromatic rings. The number of hydrogen-bond donors (Lipinski definition) is 1. The summed E-state index contributed by atoms with van der Waals surface area (Å²) in [5, 5.41) is 10.5. The lowest BCUT2D eigenvalue weighted by atomic mass is 10.0. The van der Waals surface area contributed by atoms with Crippen LogP contribution in [-0.2, 0) is 0 Å². The van der Waals surface area contributed by atoms with Crippen LogP contribution in [0, 0.1) is 9.39 Å².